The molecular formula is C21H25F3N4O2. The molecule has 6 nitrogen and oxygen atoms in total. The number of carbonyl (C=O) groups excluding carboxylic acids is 1. The predicted molar refractivity (Wildman–Crippen MR) is 105 cm³/mol. The molecule has 2 atom stereocenters. The van der Waals surface area contributed by atoms with E-state index in [4.69, 9.17) is 9.78 Å². The normalized spacial score (nSPS) is 13.7. The first kappa shape index (κ1) is 23.4. The fourth-order valence-corrected chi connectivity index (χ4v) is 3.29. The van der Waals surface area contributed by atoms with E-state index in [-0.39, 0.29) is 24.4 Å². The van der Waals surface area contributed by atoms with E-state index in [2.05, 4.69) is 15.8 Å². The van der Waals surface area contributed by atoms with E-state index in [1.54, 1.807) is 32.0 Å². The highest BCUT2D eigenvalue weighted by Crippen LogP contribution is 2.35. The summed E-state index contributed by atoms with van der Waals surface area (Å²) in [6, 6.07) is 4.55. The van der Waals surface area contributed by atoms with Gasteiger partial charge < -0.3 is 9.84 Å². The van der Waals surface area contributed by atoms with Gasteiger partial charge in [0.1, 0.15) is 18.3 Å². The molecule has 0 aliphatic rings. The van der Waals surface area contributed by atoms with Gasteiger partial charge in [-0.15, -0.1) is 0 Å². The number of hydrogen-bond acceptors (Lipinski definition) is 5. The molecule has 1 heterocycles. The highest BCUT2D eigenvalue weighted by Gasteiger charge is 2.42. The first-order chi connectivity index (χ1) is 14.0. The Morgan fingerprint density at radius 2 is 1.87 bits per heavy atom. The molecule has 2 rings (SSSR count). The van der Waals surface area contributed by atoms with Crippen LogP contribution in [0.2, 0.25) is 0 Å². The molecular weight excluding hydrogens is 397 g/mol. The van der Waals surface area contributed by atoms with Crippen LogP contribution in [0.4, 0.5) is 13.2 Å². The largest absolute Gasteiger partial charge is 0.407 e. The van der Waals surface area contributed by atoms with Crippen molar-refractivity contribution >= 4 is 5.91 Å². The van der Waals surface area contributed by atoms with Gasteiger partial charge in [-0.3, -0.25) is 10.1 Å². The van der Waals surface area contributed by atoms with Gasteiger partial charge in [0.2, 0.25) is 5.91 Å². The summed E-state index contributed by atoms with van der Waals surface area (Å²) in [6.07, 6.45) is -4.42. The van der Waals surface area contributed by atoms with Gasteiger partial charge in [-0.25, -0.2) is 0 Å². The number of benzene rings is 1. The second-order valence-corrected chi connectivity index (χ2v) is 7.52. The van der Waals surface area contributed by atoms with Crippen molar-refractivity contribution in [1.82, 2.24) is 15.8 Å². The molecule has 2 aromatic rings. The molecule has 9 heteroatoms. The van der Waals surface area contributed by atoms with Gasteiger partial charge in [-0.1, -0.05) is 43.3 Å². The van der Waals surface area contributed by atoms with Gasteiger partial charge in [0.25, 0.3) is 0 Å². The zero-order valence-corrected chi connectivity index (χ0v) is 17.3. The standard InChI is InChI=1S/C21H25F3N4O2/c1-12(2)11-17(20(29)26-10-9-25)27-19(21(22,23)24)16-7-5-15(6-8-16)18-13(3)28-30-14(18)4/h5-8,12,17,19,27H,10-11H2,1-4H3,(H,26,29)/t17-,19-/m0/s1. The van der Waals surface area contributed by atoms with E-state index < -0.39 is 24.2 Å². The fraction of sp³-hybridized carbons (Fsp3) is 0.476. The summed E-state index contributed by atoms with van der Waals surface area (Å²) in [7, 11) is 0. The number of rotatable bonds is 8. The van der Waals surface area contributed by atoms with Gasteiger partial charge in [-0.05, 0) is 37.3 Å². The van der Waals surface area contributed by atoms with Gasteiger partial charge in [0.05, 0.1) is 17.8 Å². The lowest BCUT2D eigenvalue weighted by Gasteiger charge is -2.28. The predicted octanol–water partition coefficient (Wildman–Crippen LogP) is 4.21. The third-order valence-corrected chi connectivity index (χ3v) is 4.63. The lowest BCUT2D eigenvalue weighted by atomic mass is 9.97. The smallest absolute Gasteiger partial charge is 0.361 e. The number of nitrogens with one attached hydrogen (secondary N) is 2. The van der Waals surface area contributed by atoms with E-state index in [0.717, 1.165) is 5.56 Å². The van der Waals surface area contributed by atoms with Crippen molar-refractivity contribution in [1.29, 1.82) is 5.26 Å². The van der Waals surface area contributed by atoms with Crippen LogP contribution in [0.5, 0.6) is 0 Å². The number of hydrogen-bond donors (Lipinski definition) is 2. The topological polar surface area (TPSA) is 90.9 Å². The van der Waals surface area contributed by atoms with E-state index in [0.29, 0.717) is 17.0 Å². The van der Waals surface area contributed by atoms with Crippen molar-refractivity contribution in [2.45, 2.75) is 52.4 Å². The van der Waals surface area contributed by atoms with Crippen molar-refractivity contribution < 1.29 is 22.5 Å². The van der Waals surface area contributed by atoms with E-state index in [1.165, 1.54) is 12.1 Å². The summed E-state index contributed by atoms with van der Waals surface area (Å²) >= 11 is 0. The number of halogens is 3. The van der Waals surface area contributed by atoms with E-state index >= 15 is 0 Å². The molecule has 0 unspecified atom stereocenters. The second-order valence-electron chi connectivity index (χ2n) is 7.52. The number of nitrogens with zero attached hydrogens (tertiary/aromatic N) is 2. The summed E-state index contributed by atoms with van der Waals surface area (Å²) in [5.41, 5.74) is 2.07. The second kappa shape index (κ2) is 9.76. The van der Waals surface area contributed by atoms with Crippen LogP contribution in [-0.4, -0.2) is 29.8 Å². The van der Waals surface area contributed by atoms with Crippen LogP contribution in [0.25, 0.3) is 11.1 Å². The molecule has 162 valence electrons. The van der Waals surface area contributed by atoms with Crippen LogP contribution < -0.4 is 10.6 Å². The average Bonchev–Trinajstić information content (AvgIpc) is 3.00. The van der Waals surface area contributed by atoms with Crippen molar-refractivity contribution in [2.24, 2.45) is 5.92 Å². The summed E-state index contributed by atoms with van der Waals surface area (Å²) in [5.74, 6) is -0.0742. The number of carbonyl (C=O) groups is 1. The number of alkyl halides is 3. The zero-order chi connectivity index (χ0) is 22.5. The minimum absolute atomic E-state index is 0.0140. The molecule has 0 radical (unpaired) electrons. The van der Waals surface area contributed by atoms with Crippen molar-refractivity contribution in [3.8, 4) is 17.2 Å². The Morgan fingerprint density at radius 3 is 2.33 bits per heavy atom. The van der Waals surface area contributed by atoms with Crippen LogP contribution >= 0.6 is 0 Å². The molecule has 0 aliphatic carbocycles. The molecule has 30 heavy (non-hydrogen) atoms. The Kier molecular flexibility index (Phi) is 7.62. The monoisotopic (exact) mass is 422 g/mol. The Hall–Kier alpha value is -2.86. The maximum atomic E-state index is 13.8. The minimum Gasteiger partial charge on any atom is -0.361 e. The molecule has 1 amide bonds. The average molecular weight is 422 g/mol. The van der Waals surface area contributed by atoms with Crippen LogP contribution in [0.15, 0.2) is 28.8 Å². The number of nitriles is 1. The maximum absolute atomic E-state index is 13.8. The third-order valence-electron chi connectivity index (χ3n) is 4.63. The van der Waals surface area contributed by atoms with Crippen LogP contribution in [-0.2, 0) is 4.79 Å². The van der Waals surface area contributed by atoms with Crippen molar-refractivity contribution in [3.05, 3.63) is 41.3 Å². The van der Waals surface area contributed by atoms with Crippen molar-refractivity contribution in [3.63, 3.8) is 0 Å². The molecule has 0 bridgehead atoms. The van der Waals surface area contributed by atoms with Crippen LogP contribution in [0, 0.1) is 31.1 Å². The molecule has 0 saturated carbocycles. The minimum atomic E-state index is -4.62. The number of amides is 1. The summed E-state index contributed by atoms with van der Waals surface area (Å²) in [6.45, 7) is 6.86. The first-order valence-electron chi connectivity index (χ1n) is 9.55. The molecule has 0 saturated heterocycles. The molecule has 0 fully saturated rings. The number of aryl methyl sites for hydroxylation is 2. The summed E-state index contributed by atoms with van der Waals surface area (Å²) in [5, 5.41) is 17.3. The van der Waals surface area contributed by atoms with Crippen LogP contribution in [0.3, 0.4) is 0 Å². The first-order valence-corrected chi connectivity index (χ1v) is 9.55. The molecule has 0 spiro atoms. The van der Waals surface area contributed by atoms with Crippen LogP contribution in [0.1, 0.15) is 43.3 Å². The lowest BCUT2D eigenvalue weighted by Crippen LogP contribution is -2.49. The molecule has 1 aromatic heterocycles. The molecule has 1 aromatic carbocycles. The Labute approximate surface area is 173 Å². The van der Waals surface area contributed by atoms with Gasteiger partial charge in [0.15, 0.2) is 0 Å². The molecule has 2 N–H and O–H groups in total. The Morgan fingerprint density at radius 1 is 1.23 bits per heavy atom. The molecule has 0 aliphatic heterocycles. The van der Waals surface area contributed by atoms with Crippen molar-refractivity contribution in [2.75, 3.05) is 6.54 Å². The summed E-state index contributed by atoms with van der Waals surface area (Å²) in [4.78, 5) is 12.3. The van der Waals surface area contributed by atoms with Gasteiger partial charge in [0, 0.05) is 5.56 Å². The van der Waals surface area contributed by atoms with Gasteiger partial charge >= 0.3 is 6.18 Å². The van der Waals surface area contributed by atoms with E-state index in [9.17, 15) is 18.0 Å². The van der Waals surface area contributed by atoms with Gasteiger partial charge in [-0.2, -0.15) is 18.4 Å². The summed E-state index contributed by atoms with van der Waals surface area (Å²) < 4.78 is 46.7. The highest BCUT2D eigenvalue weighted by molar-refractivity contribution is 5.82. The SMILES string of the molecule is Cc1noc(C)c1-c1ccc([C@H](N[C@@H](CC(C)C)C(=O)NCC#N)C(F)(F)F)cc1. The third kappa shape index (κ3) is 5.83. The maximum Gasteiger partial charge on any atom is 0.407 e. The fourth-order valence-electron chi connectivity index (χ4n) is 3.29. The Balaban J connectivity index is 2.32. The quantitative estimate of drug-likeness (QED) is 0.622. The number of aromatic nitrogens is 1. The highest BCUT2D eigenvalue weighted by atomic mass is 19.4. The zero-order valence-electron chi connectivity index (χ0n) is 17.3. The van der Waals surface area contributed by atoms with E-state index in [1.807, 2.05) is 13.8 Å². The Bertz CT molecular complexity index is 879. The lowest BCUT2D eigenvalue weighted by molar-refractivity contribution is -0.161.